The first-order valence-electron chi connectivity index (χ1n) is 6.91. The molecule has 0 unspecified atom stereocenters. The molecule has 4 heteroatoms. The van der Waals surface area contributed by atoms with Gasteiger partial charge in [-0.25, -0.2) is 0 Å². The van der Waals surface area contributed by atoms with Gasteiger partial charge in [0.2, 0.25) is 6.54 Å². The molecule has 0 aromatic carbocycles. The number of rotatable bonds is 2. The van der Waals surface area contributed by atoms with Gasteiger partial charge in [0, 0.05) is 5.41 Å². The largest absolute Gasteiger partial charge is 0.291 e. The van der Waals surface area contributed by atoms with E-state index < -0.39 is 0 Å². The first kappa shape index (κ1) is 10.0. The molecule has 5 aliphatic rings. The van der Waals surface area contributed by atoms with Crippen LogP contribution in [0.25, 0.3) is 0 Å². The summed E-state index contributed by atoms with van der Waals surface area (Å²) in [4.78, 5) is 4.91. The second-order valence-electron chi connectivity index (χ2n) is 6.84. The first-order chi connectivity index (χ1) is 8.21. The van der Waals surface area contributed by atoms with Crippen molar-refractivity contribution in [3.63, 3.8) is 0 Å². The lowest BCUT2D eigenvalue weighted by Gasteiger charge is -2.55. The summed E-state index contributed by atoms with van der Waals surface area (Å²) in [6.45, 7) is 1.61. The van der Waals surface area contributed by atoms with Crippen LogP contribution in [-0.2, 0) is 4.84 Å². The fourth-order valence-electron chi connectivity index (χ4n) is 5.29. The molecule has 0 amide bonds. The van der Waals surface area contributed by atoms with Gasteiger partial charge in [-0.1, -0.05) is 4.70 Å². The monoisotopic (exact) mass is 234 g/mol. The van der Waals surface area contributed by atoms with E-state index in [1.165, 1.54) is 38.5 Å². The Morgan fingerprint density at radius 1 is 1.18 bits per heavy atom. The maximum atomic E-state index is 7.46. The lowest BCUT2D eigenvalue weighted by Crippen LogP contribution is -2.49. The van der Waals surface area contributed by atoms with Crippen LogP contribution in [0.4, 0.5) is 0 Å². The second-order valence-corrected chi connectivity index (χ2v) is 6.84. The van der Waals surface area contributed by atoms with Gasteiger partial charge < -0.3 is 0 Å². The molecule has 0 aromatic heterocycles. The van der Waals surface area contributed by atoms with Crippen molar-refractivity contribution < 1.29 is 9.53 Å². The molecule has 0 radical (unpaired) electrons. The van der Waals surface area contributed by atoms with Crippen molar-refractivity contribution in [3.05, 3.63) is 0 Å². The highest BCUT2D eigenvalue weighted by molar-refractivity contribution is 5.73. The molecule has 5 rings (SSSR count). The summed E-state index contributed by atoms with van der Waals surface area (Å²) in [6.07, 6.45) is 8.67. The molecule has 0 aromatic rings. The van der Waals surface area contributed by atoms with Crippen molar-refractivity contribution in [2.75, 3.05) is 13.1 Å². The summed E-state index contributed by atoms with van der Waals surface area (Å²) in [7, 11) is 0. The summed E-state index contributed by atoms with van der Waals surface area (Å²) in [6, 6.07) is 0. The maximum Gasteiger partial charge on any atom is 0.291 e. The molecular formula is C13H20N3O+. The van der Waals surface area contributed by atoms with E-state index in [0.29, 0.717) is 17.9 Å². The molecule has 17 heavy (non-hydrogen) atoms. The number of hydrogen-bond acceptors (Lipinski definition) is 3. The molecule has 4 nitrogen and oxygen atoms in total. The van der Waals surface area contributed by atoms with Gasteiger partial charge in [-0.3, -0.25) is 10.2 Å². The minimum absolute atomic E-state index is 0.301. The SMILES string of the molecule is N=C1C[N+](CC23CC4CC(CC(C4)C2)C3)=NO1. The lowest BCUT2D eigenvalue weighted by atomic mass is 9.49. The molecule has 1 N–H and O–H groups in total. The van der Waals surface area contributed by atoms with Crippen LogP contribution in [0.3, 0.4) is 0 Å². The van der Waals surface area contributed by atoms with Crippen LogP contribution < -0.4 is 0 Å². The molecular weight excluding hydrogens is 214 g/mol. The smallest absolute Gasteiger partial charge is 0.285 e. The van der Waals surface area contributed by atoms with Gasteiger partial charge >= 0.3 is 0 Å². The van der Waals surface area contributed by atoms with E-state index in [0.717, 1.165) is 24.3 Å². The summed E-state index contributed by atoms with van der Waals surface area (Å²) in [5.41, 5.74) is 0.506. The van der Waals surface area contributed by atoms with Crippen molar-refractivity contribution >= 4 is 5.90 Å². The molecule has 4 bridgehead atoms. The Morgan fingerprint density at radius 3 is 2.24 bits per heavy atom. The van der Waals surface area contributed by atoms with Crippen molar-refractivity contribution in [1.82, 2.24) is 0 Å². The van der Waals surface area contributed by atoms with Crippen molar-refractivity contribution in [3.8, 4) is 0 Å². The molecule has 1 heterocycles. The van der Waals surface area contributed by atoms with E-state index >= 15 is 0 Å². The fraction of sp³-hybridized carbons (Fsp3) is 0.923. The highest BCUT2D eigenvalue weighted by atomic mass is 16.7. The van der Waals surface area contributed by atoms with Gasteiger partial charge in [0.25, 0.3) is 5.90 Å². The Morgan fingerprint density at radius 2 is 1.76 bits per heavy atom. The van der Waals surface area contributed by atoms with E-state index in [9.17, 15) is 0 Å². The second kappa shape index (κ2) is 3.30. The Kier molecular flexibility index (Phi) is 1.95. The molecule has 0 saturated heterocycles. The molecule has 4 fully saturated rings. The number of nitrogens with one attached hydrogen (secondary N) is 1. The standard InChI is InChI=1S/C13H20N3O/c14-12-7-16(15-17-12)8-13-4-9-1-10(5-13)3-11(2-9)6-13/h9-11,14H,1-8H2/q+1. The Labute approximate surface area is 102 Å². The van der Waals surface area contributed by atoms with Crippen LogP contribution in [0.1, 0.15) is 38.5 Å². The molecule has 4 saturated carbocycles. The van der Waals surface area contributed by atoms with Crippen LogP contribution in [-0.4, -0.2) is 23.7 Å². The predicted octanol–water partition coefficient (Wildman–Crippen LogP) is 2.59. The van der Waals surface area contributed by atoms with Crippen molar-refractivity contribution in [1.29, 1.82) is 5.41 Å². The average Bonchev–Trinajstić information content (AvgIpc) is 2.60. The highest BCUT2D eigenvalue weighted by Gasteiger charge is 2.53. The van der Waals surface area contributed by atoms with E-state index in [1.807, 2.05) is 4.70 Å². The van der Waals surface area contributed by atoms with E-state index in [2.05, 4.69) is 5.28 Å². The van der Waals surface area contributed by atoms with Crippen LogP contribution in [0.2, 0.25) is 0 Å². The zero-order valence-corrected chi connectivity index (χ0v) is 10.2. The summed E-state index contributed by atoms with van der Waals surface area (Å²) >= 11 is 0. The fourth-order valence-corrected chi connectivity index (χ4v) is 5.29. The van der Waals surface area contributed by atoms with E-state index in [1.54, 1.807) is 0 Å². The molecule has 4 aliphatic carbocycles. The zero-order chi connectivity index (χ0) is 11.5. The maximum absolute atomic E-state index is 7.46. The minimum Gasteiger partial charge on any atom is -0.285 e. The van der Waals surface area contributed by atoms with E-state index in [-0.39, 0.29) is 0 Å². The zero-order valence-electron chi connectivity index (χ0n) is 10.2. The average molecular weight is 234 g/mol. The van der Waals surface area contributed by atoms with Gasteiger partial charge in [0.1, 0.15) is 0 Å². The summed E-state index contributed by atoms with van der Waals surface area (Å²) in [5, 5.41) is 11.5. The Bertz CT molecular complexity index is 366. The van der Waals surface area contributed by atoms with Crippen LogP contribution in [0.5, 0.6) is 0 Å². The van der Waals surface area contributed by atoms with Gasteiger partial charge in [0.05, 0.1) is 0 Å². The Balaban J connectivity index is 1.55. The van der Waals surface area contributed by atoms with Crippen molar-refractivity contribution in [2.45, 2.75) is 38.5 Å². The molecule has 1 aliphatic heterocycles. The topological polar surface area (TPSA) is 48.5 Å². The quantitative estimate of drug-likeness (QED) is 0.733. The predicted molar refractivity (Wildman–Crippen MR) is 61.8 cm³/mol. The highest BCUT2D eigenvalue weighted by Crippen LogP contribution is 2.60. The third kappa shape index (κ3) is 1.60. The number of nitrogens with zero attached hydrogens (tertiary/aromatic N) is 2. The lowest BCUT2D eigenvalue weighted by molar-refractivity contribution is -0.601. The van der Waals surface area contributed by atoms with Crippen LogP contribution in [0, 0.1) is 28.6 Å². The van der Waals surface area contributed by atoms with E-state index in [4.69, 9.17) is 10.2 Å². The van der Waals surface area contributed by atoms with Gasteiger partial charge in [-0.05, 0) is 56.3 Å². The van der Waals surface area contributed by atoms with Crippen LogP contribution >= 0.6 is 0 Å². The third-order valence-corrected chi connectivity index (χ3v) is 5.28. The summed E-state index contributed by atoms with van der Waals surface area (Å²) < 4.78 is 1.98. The normalized spacial score (nSPS) is 47.2. The number of hydrogen-bond donors (Lipinski definition) is 1. The Hall–Kier alpha value is -0.930. The minimum atomic E-state index is 0.301. The van der Waals surface area contributed by atoms with Gasteiger partial charge in [0.15, 0.2) is 11.8 Å². The molecule has 0 atom stereocenters. The molecule has 0 spiro atoms. The first-order valence-corrected chi connectivity index (χ1v) is 6.91. The molecule has 92 valence electrons. The van der Waals surface area contributed by atoms with Crippen LogP contribution in [0.15, 0.2) is 5.28 Å². The summed E-state index contributed by atoms with van der Waals surface area (Å²) in [5.74, 6) is 3.27. The van der Waals surface area contributed by atoms with Gasteiger partial charge in [-0.2, -0.15) is 0 Å². The van der Waals surface area contributed by atoms with Crippen molar-refractivity contribution in [2.24, 2.45) is 28.4 Å². The van der Waals surface area contributed by atoms with Gasteiger partial charge in [-0.15, -0.1) is 0 Å². The third-order valence-electron chi connectivity index (χ3n) is 5.28.